The molecule has 6 nitrogen and oxygen atoms in total. The molecule has 0 saturated heterocycles. The summed E-state index contributed by atoms with van der Waals surface area (Å²) < 4.78 is 6.61. The van der Waals surface area contributed by atoms with Gasteiger partial charge < -0.3 is 14.2 Å². The van der Waals surface area contributed by atoms with Crippen LogP contribution in [0.2, 0.25) is 0 Å². The molecule has 1 N–H and O–H groups in total. The van der Waals surface area contributed by atoms with E-state index in [0.29, 0.717) is 11.7 Å². The van der Waals surface area contributed by atoms with Crippen molar-refractivity contribution >= 4 is 5.97 Å². The van der Waals surface area contributed by atoms with Gasteiger partial charge in [-0.2, -0.15) is 4.98 Å². The van der Waals surface area contributed by atoms with Crippen LogP contribution in [0.1, 0.15) is 35.5 Å². The van der Waals surface area contributed by atoms with E-state index in [1.165, 1.54) is 6.07 Å². The molecule has 0 aliphatic heterocycles. The first-order chi connectivity index (χ1) is 8.20. The van der Waals surface area contributed by atoms with Gasteiger partial charge in [0.1, 0.15) is 12.2 Å². The predicted molar refractivity (Wildman–Crippen MR) is 58.8 cm³/mol. The van der Waals surface area contributed by atoms with Crippen molar-refractivity contribution in [2.75, 3.05) is 0 Å². The van der Waals surface area contributed by atoms with Crippen LogP contribution in [0.15, 0.2) is 22.9 Å². The standard InChI is InChI=1S/C11H13N3O3/c1-2-4-9-12-10(17-13-9)7-14-6-3-5-8(14)11(15)16/h3,5-6H,2,4,7H2,1H3,(H,15,16). The van der Waals surface area contributed by atoms with Crippen molar-refractivity contribution in [2.24, 2.45) is 0 Å². The Balaban J connectivity index is 2.14. The van der Waals surface area contributed by atoms with Crippen LogP contribution in [0.25, 0.3) is 0 Å². The van der Waals surface area contributed by atoms with Crippen LogP contribution in [-0.2, 0) is 13.0 Å². The van der Waals surface area contributed by atoms with Gasteiger partial charge in [-0.25, -0.2) is 4.79 Å². The van der Waals surface area contributed by atoms with Gasteiger partial charge >= 0.3 is 5.97 Å². The number of nitrogens with zero attached hydrogens (tertiary/aromatic N) is 3. The van der Waals surface area contributed by atoms with Crippen LogP contribution in [0.3, 0.4) is 0 Å². The topological polar surface area (TPSA) is 81.2 Å². The number of carboxylic acid groups (broad SMARTS) is 1. The Morgan fingerprint density at radius 3 is 3.12 bits per heavy atom. The van der Waals surface area contributed by atoms with Gasteiger partial charge in [0.2, 0.25) is 5.89 Å². The Morgan fingerprint density at radius 2 is 2.41 bits per heavy atom. The molecule has 2 aromatic rings. The number of rotatable bonds is 5. The molecule has 0 radical (unpaired) electrons. The largest absolute Gasteiger partial charge is 0.477 e. The molecule has 0 saturated carbocycles. The number of aromatic carboxylic acids is 1. The lowest BCUT2D eigenvalue weighted by Gasteiger charge is -2.01. The second-order valence-electron chi connectivity index (χ2n) is 3.68. The summed E-state index contributed by atoms with van der Waals surface area (Å²) >= 11 is 0. The first-order valence-electron chi connectivity index (χ1n) is 5.40. The maximum Gasteiger partial charge on any atom is 0.352 e. The molecule has 6 heteroatoms. The molecule has 0 unspecified atom stereocenters. The third-order valence-electron chi connectivity index (χ3n) is 2.34. The zero-order chi connectivity index (χ0) is 12.3. The SMILES string of the molecule is CCCc1noc(Cn2cccc2C(=O)O)n1. The van der Waals surface area contributed by atoms with E-state index in [-0.39, 0.29) is 12.2 Å². The van der Waals surface area contributed by atoms with Crippen molar-refractivity contribution < 1.29 is 14.4 Å². The minimum atomic E-state index is -0.969. The molecular weight excluding hydrogens is 222 g/mol. The fourth-order valence-corrected chi connectivity index (χ4v) is 1.57. The van der Waals surface area contributed by atoms with Crippen molar-refractivity contribution in [3.63, 3.8) is 0 Å². The van der Waals surface area contributed by atoms with E-state index >= 15 is 0 Å². The summed E-state index contributed by atoms with van der Waals surface area (Å²) in [4.78, 5) is 15.1. The van der Waals surface area contributed by atoms with Crippen molar-refractivity contribution in [2.45, 2.75) is 26.3 Å². The summed E-state index contributed by atoms with van der Waals surface area (Å²) in [5.41, 5.74) is 0.209. The Bertz CT molecular complexity index is 516. The lowest BCUT2D eigenvalue weighted by molar-refractivity contribution is 0.0685. The third-order valence-corrected chi connectivity index (χ3v) is 2.34. The van der Waals surface area contributed by atoms with E-state index in [2.05, 4.69) is 10.1 Å². The molecule has 2 aromatic heterocycles. The summed E-state index contributed by atoms with van der Waals surface area (Å²) in [5.74, 6) is 0.113. The molecule has 17 heavy (non-hydrogen) atoms. The number of hydrogen-bond donors (Lipinski definition) is 1. The molecule has 90 valence electrons. The lowest BCUT2D eigenvalue weighted by Crippen LogP contribution is -2.08. The van der Waals surface area contributed by atoms with Gasteiger partial charge in [-0.05, 0) is 18.6 Å². The zero-order valence-electron chi connectivity index (χ0n) is 9.46. The second-order valence-corrected chi connectivity index (χ2v) is 3.68. The highest BCUT2D eigenvalue weighted by atomic mass is 16.5. The molecule has 0 aliphatic rings. The van der Waals surface area contributed by atoms with Crippen molar-refractivity contribution in [1.29, 1.82) is 0 Å². The van der Waals surface area contributed by atoms with Crippen LogP contribution < -0.4 is 0 Å². The number of hydrogen-bond acceptors (Lipinski definition) is 4. The molecule has 0 amide bonds. The van der Waals surface area contributed by atoms with Gasteiger partial charge in [-0.3, -0.25) is 0 Å². The molecule has 0 atom stereocenters. The van der Waals surface area contributed by atoms with Gasteiger partial charge in [0.15, 0.2) is 5.82 Å². The quantitative estimate of drug-likeness (QED) is 0.850. The van der Waals surface area contributed by atoms with Crippen LogP contribution in [0.4, 0.5) is 0 Å². The second kappa shape index (κ2) is 4.82. The summed E-state index contributed by atoms with van der Waals surface area (Å²) in [7, 11) is 0. The Hall–Kier alpha value is -2.11. The van der Waals surface area contributed by atoms with Gasteiger partial charge in [-0.1, -0.05) is 12.1 Å². The zero-order valence-corrected chi connectivity index (χ0v) is 9.46. The molecule has 0 bridgehead atoms. The van der Waals surface area contributed by atoms with E-state index in [4.69, 9.17) is 9.63 Å². The molecule has 0 spiro atoms. The molecule has 0 fully saturated rings. The van der Waals surface area contributed by atoms with E-state index in [0.717, 1.165) is 12.8 Å². The van der Waals surface area contributed by atoms with Crippen LogP contribution in [0.5, 0.6) is 0 Å². The maximum atomic E-state index is 10.9. The summed E-state index contributed by atoms with van der Waals surface area (Å²) in [6.07, 6.45) is 3.39. The van der Waals surface area contributed by atoms with Crippen LogP contribution in [-0.4, -0.2) is 25.8 Å². The molecule has 2 heterocycles. The molecular formula is C11H13N3O3. The Kier molecular flexibility index (Phi) is 3.22. The average Bonchev–Trinajstić information content (AvgIpc) is 2.89. The van der Waals surface area contributed by atoms with Crippen molar-refractivity contribution in [3.8, 4) is 0 Å². The highest BCUT2D eigenvalue weighted by Gasteiger charge is 2.12. The summed E-state index contributed by atoms with van der Waals surface area (Å²) in [6, 6.07) is 3.21. The highest BCUT2D eigenvalue weighted by Crippen LogP contribution is 2.07. The third kappa shape index (κ3) is 2.52. The van der Waals surface area contributed by atoms with E-state index in [1.54, 1.807) is 16.8 Å². The van der Waals surface area contributed by atoms with Gasteiger partial charge in [0.05, 0.1) is 0 Å². The van der Waals surface area contributed by atoms with E-state index in [1.807, 2.05) is 6.92 Å². The lowest BCUT2D eigenvalue weighted by atomic mass is 10.3. The predicted octanol–water partition coefficient (Wildman–Crippen LogP) is 1.57. The minimum absolute atomic E-state index is 0.209. The maximum absolute atomic E-state index is 10.9. The highest BCUT2D eigenvalue weighted by molar-refractivity contribution is 5.85. The number of aromatic nitrogens is 3. The summed E-state index contributed by atoms with van der Waals surface area (Å²) in [5, 5.41) is 12.7. The van der Waals surface area contributed by atoms with Crippen LogP contribution in [0, 0.1) is 0 Å². The van der Waals surface area contributed by atoms with Gasteiger partial charge in [0, 0.05) is 12.6 Å². The summed E-state index contributed by atoms with van der Waals surface area (Å²) in [6.45, 7) is 2.32. The van der Waals surface area contributed by atoms with Crippen molar-refractivity contribution in [3.05, 3.63) is 35.7 Å². The monoisotopic (exact) mass is 235 g/mol. The molecule has 0 aliphatic carbocycles. The minimum Gasteiger partial charge on any atom is -0.477 e. The van der Waals surface area contributed by atoms with Gasteiger partial charge in [0.25, 0.3) is 0 Å². The Labute approximate surface area is 97.9 Å². The fraction of sp³-hybridized carbons (Fsp3) is 0.364. The Morgan fingerprint density at radius 1 is 1.59 bits per heavy atom. The smallest absolute Gasteiger partial charge is 0.352 e. The first-order valence-corrected chi connectivity index (χ1v) is 5.40. The average molecular weight is 235 g/mol. The normalized spacial score (nSPS) is 10.6. The van der Waals surface area contributed by atoms with E-state index in [9.17, 15) is 4.79 Å². The van der Waals surface area contributed by atoms with Gasteiger partial charge in [-0.15, -0.1) is 0 Å². The number of carbonyl (C=O) groups is 1. The molecule has 0 aromatic carbocycles. The first kappa shape index (κ1) is 11.4. The van der Waals surface area contributed by atoms with E-state index < -0.39 is 5.97 Å². The number of carboxylic acids is 1. The molecule has 2 rings (SSSR count). The number of aryl methyl sites for hydroxylation is 1. The fourth-order valence-electron chi connectivity index (χ4n) is 1.57. The van der Waals surface area contributed by atoms with Crippen LogP contribution >= 0.6 is 0 Å². The van der Waals surface area contributed by atoms with Crippen molar-refractivity contribution in [1.82, 2.24) is 14.7 Å².